The molecule has 20 heteroatoms. The van der Waals surface area contributed by atoms with Crippen LogP contribution in [0.25, 0.3) is 0 Å². The Bertz CT molecular complexity index is 2550. The highest BCUT2D eigenvalue weighted by Gasteiger charge is 2.45. The van der Waals surface area contributed by atoms with Gasteiger partial charge in [0.1, 0.15) is 17.6 Å². The Morgan fingerprint density at radius 2 is 1.68 bits per heavy atom. The molecule has 6 aliphatic heterocycles. The van der Waals surface area contributed by atoms with Crippen LogP contribution < -0.4 is 31.3 Å². The zero-order valence-corrected chi connectivity index (χ0v) is 42.0. The monoisotopic (exact) mass is 1020 g/mol. The van der Waals surface area contributed by atoms with Crippen molar-refractivity contribution in [3.8, 4) is 5.75 Å². The van der Waals surface area contributed by atoms with Crippen molar-refractivity contribution in [3.05, 3.63) is 105 Å². The van der Waals surface area contributed by atoms with Gasteiger partial charge in [-0.25, -0.2) is 9.37 Å². The van der Waals surface area contributed by atoms with Gasteiger partial charge in [0.05, 0.1) is 28.3 Å². The number of carbonyl (C=O) groups excluding carboxylic acids is 6. The molecule has 1 aromatic heterocycles. The van der Waals surface area contributed by atoms with Crippen LogP contribution in [-0.2, 0) is 36.8 Å². The van der Waals surface area contributed by atoms with Gasteiger partial charge in [0, 0.05) is 113 Å². The fourth-order valence-corrected chi connectivity index (χ4v) is 10.9. The number of piperazine rings is 1. The quantitative estimate of drug-likeness (QED) is 0.0616. The lowest BCUT2D eigenvalue weighted by molar-refractivity contribution is -0.136. The third-order valence-corrected chi connectivity index (χ3v) is 14.8. The first-order chi connectivity index (χ1) is 35.6. The summed E-state index contributed by atoms with van der Waals surface area (Å²) in [4.78, 5) is 83.6. The molecule has 0 spiro atoms. The zero-order chi connectivity index (χ0) is 51.1. The number of hydrogen-bond acceptors (Lipinski definition) is 15. The van der Waals surface area contributed by atoms with Crippen molar-refractivity contribution < 1.29 is 47.4 Å². The lowest BCUT2D eigenvalue weighted by Gasteiger charge is -2.43. The van der Waals surface area contributed by atoms with Crippen LogP contribution in [0, 0.1) is 5.82 Å². The van der Waals surface area contributed by atoms with Crippen molar-refractivity contribution in [2.75, 3.05) is 82.4 Å². The number of nitrogens with two attached hydrogens (primary N) is 1. The third-order valence-electron chi connectivity index (χ3n) is 14.0. The van der Waals surface area contributed by atoms with Gasteiger partial charge in [-0.3, -0.25) is 43.9 Å². The molecule has 3 aromatic carbocycles. The number of primary amides is 1. The number of ether oxygens (including phenoxy) is 3. The van der Waals surface area contributed by atoms with E-state index in [9.17, 15) is 28.4 Å². The van der Waals surface area contributed by atoms with Gasteiger partial charge in [-0.1, -0.05) is 12.1 Å². The topological polar surface area (TPSA) is 218 Å². The van der Waals surface area contributed by atoms with Crippen molar-refractivity contribution in [3.63, 3.8) is 0 Å². The Labute approximate surface area is 429 Å². The summed E-state index contributed by atoms with van der Waals surface area (Å²) in [6.07, 6.45) is 11.0. The average Bonchev–Trinajstić information content (AvgIpc) is 4.13. The van der Waals surface area contributed by atoms with Gasteiger partial charge >= 0.3 is 0 Å². The van der Waals surface area contributed by atoms with E-state index in [1.807, 2.05) is 29.6 Å². The Morgan fingerprint density at radius 1 is 0.890 bits per heavy atom. The number of hydrogen-bond donors (Lipinski definition) is 4. The summed E-state index contributed by atoms with van der Waals surface area (Å²) < 4.78 is 30.8. The lowest BCUT2D eigenvalue weighted by atomic mass is 10.0. The predicted octanol–water partition coefficient (Wildman–Crippen LogP) is 5.10. The van der Waals surface area contributed by atoms with Crippen LogP contribution in [0.1, 0.15) is 111 Å². The van der Waals surface area contributed by atoms with Gasteiger partial charge in [-0.05, 0) is 112 Å². The molecule has 4 saturated heterocycles. The van der Waals surface area contributed by atoms with Gasteiger partial charge in [0.15, 0.2) is 6.29 Å². The molecule has 6 aliphatic rings. The Hall–Kier alpha value is -6.32. The molecule has 5 N–H and O–H groups in total. The number of rotatable bonds is 17. The van der Waals surface area contributed by atoms with E-state index in [1.54, 1.807) is 35.7 Å². The maximum atomic E-state index is 13.5. The zero-order valence-electron chi connectivity index (χ0n) is 41.2. The van der Waals surface area contributed by atoms with Crippen molar-refractivity contribution in [1.29, 1.82) is 0 Å². The van der Waals surface area contributed by atoms with E-state index in [4.69, 9.17) is 19.0 Å². The predicted molar refractivity (Wildman–Crippen MR) is 273 cm³/mol. The SMILES string of the molecule is Fc1ccc(OC2CCCCO2)c(Cc2nccs2)c1.NC=O.O=C1CCC(N2C(=O)c3ccc(N4CCN(C5CCN(CCCOCCCCNc6cccc7c6C(=O)NC7)CC5)CC4)cc3C2=O)C(=O)N1. The van der Waals surface area contributed by atoms with Crippen molar-refractivity contribution >= 4 is 58.7 Å². The number of thiazole rings is 1. The second-order valence-corrected chi connectivity index (χ2v) is 19.8. The summed E-state index contributed by atoms with van der Waals surface area (Å²) in [6, 6.07) is 15.6. The molecular weight excluding hydrogens is 958 g/mol. The highest BCUT2D eigenvalue weighted by atomic mass is 32.1. The summed E-state index contributed by atoms with van der Waals surface area (Å²) in [7, 11) is 0. The molecule has 0 saturated carbocycles. The smallest absolute Gasteiger partial charge is 0.262 e. The fraction of sp³-hybridized carbons (Fsp3) is 0.491. The molecule has 18 nitrogen and oxygen atoms in total. The van der Waals surface area contributed by atoms with E-state index in [1.165, 1.54) is 12.1 Å². The van der Waals surface area contributed by atoms with E-state index in [-0.39, 0.29) is 43.2 Å². The maximum Gasteiger partial charge on any atom is 0.262 e. The van der Waals surface area contributed by atoms with E-state index < -0.39 is 23.8 Å². The number of aromatic nitrogens is 1. The molecule has 390 valence electrons. The minimum Gasteiger partial charge on any atom is -0.465 e. The molecule has 7 heterocycles. The van der Waals surface area contributed by atoms with E-state index in [2.05, 4.69) is 41.4 Å². The second-order valence-electron chi connectivity index (χ2n) is 18.8. The van der Waals surface area contributed by atoms with Gasteiger partial charge in [-0.15, -0.1) is 11.3 Å². The van der Waals surface area contributed by atoms with Gasteiger partial charge in [0.25, 0.3) is 17.7 Å². The number of piperidine rings is 2. The largest absolute Gasteiger partial charge is 0.465 e. The molecule has 0 radical (unpaired) electrons. The number of unbranched alkanes of at least 4 members (excludes halogenated alkanes) is 1. The normalized spacial score (nSPS) is 20.3. The summed E-state index contributed by atoms with van der Waals surface area (Å²) in [5.74, 6) is -1.47. The van der Waals surface area contributed by atoms with Crippen LogP contribution in [0.2, 0.25) is 0 Å². The molecular formula is C53H66FN9O9S. The number of imide groups is 2. The number of benzene rings is 3. The average molecular weight is 1020 g/mol. The standard InChI is InChI=1S/C37H47N7O6.C15H16FNO2S.CH3NO/c45-32-10-9-31(34(46)40-32)44-36(48)28-8-7-27(23-29(28)37(44)49)43-19-17-42(18-20-43)26-11-15-41(16-12-26)14-4-22-50-21-2-1-13-38-30-6-3-5-25-24-39-35(47)33(25)30;16-12-4-5-13(19-15-3-1-2-7-18-15)11(9-12)10-14-17-6-8-20-14;2-1-3/h3,5-8,23,26,31,38H,1-2,4,9-22,24H2,(H,39,47)(H,40,45,46);4-6,8-9,15H,1-3,7,10H2;1H,(H2,2,3). The van der Waals surface area contributed by atoms with Gasteiger partial charge in [-0.2, -0.15) is 0 Å². The molecule has 4 aromatic rings. The van der Waals surface area contributed by atoms with Crippen LogP contribution >= 0.6 is 11.3 Å². The van der Waals surface area contributed by atoms with Crippen LogP contribution in [0.3, 0.4) is 0 Å². The summed E-state index contributed by atoms with van der Waals surface area (Å²) in [5, 5.41) is 11.4. The molecule has 73 heavy (non-hydrogen) atoms. The highest BCUT2D eigenvalue weighted by molar-refractivity contribution is 7.09. The number of amides is 6. The molecule has 10 rings (SSSR count). The number of nitrogens with zero attached hydrogens (tertiary/aromatic N) is 5. The maximum absolute atomic E-state index is 13.5. The Morgan fingerprint density at radius 3 is 2.44 bits per heavy atom. The van der Waals surface area contributed by atoms with Crippen molar-refractivity contribution in [1.82, 2.24) is 30.3 Å². The van der Waals surface area contributed by atoms with Gasteiger partial charge < -0.3 is 40.4 Å². The Kier molecular flexibility index (Phi) is 18.9. The molecule has 0 aliphatic carbocycles. The molecule has 6 amide bonds. The minimum atomic E-state index is -0.953. The van der Waals surface area contributed by atoms with Crippen molar-refractivity contribution in [2.45, 2.75) is 95.5 Å². The number of fused-ring (bicyclic) bond motifs is 2. The van der Waals surface area contributed by atoms with Gasteiger partial charge in [0.2, 0.25) is 18.2 Å². The fourth-order valence-electron chi connectivity index (χ4n) is 10.2. The van der Waals surface area contributed by atoms with Crippen molar-refractivity contribution in [2.24, 2.45) is 5.73 Å². The summed E-state index contributed by atoms with van der Waals surface area (Å²) in [5.41, 5.74) is 9.29. The van der Waals surface area contributed by atoms with Crippen LogP contribution in [0.5, 0.6) is 5.75 Å². The number of halogens is 1. The summed E-state index contributed by atoms with van der Waals surface area (Å²) in [6.45, 7) is 10.5. The third kappa shape index (κ3) is 13.8. The van der Waals surface area contributed by atoms with E-state index in [0.717, 1.165) is 162 Å². The van der Waals surface area contributed by atoms with Crippen LogP contribution in [0.4, 0.5) is 15.8 Å². The molecule has 4 fully saturated rings. The first kappa shape index (κ1) is 53.0. The lowest BCUT2D eigenvalue weighted by Crippen LogP contribution is -2.54. The highest BCUT2D eigenvalue weighted by Crippen LogP contribution is 2.32. The summed E-state index contributed by atoms with van der Waals surface area (Å²) >= 11 is 1.56. The van der Waals surface area contributed by atoms with Crippen LogP contribution in [-0.4, -0.2) is 146 Å². The molecule has 0 bridgehead atoms. The van der Waals surface area contributed by atoms with Crippen LogP contribution in [0.15, 0.2) is 66.2 Å². The minimum absolute atomic E-state index is 0.00596. The number of likely N-dealkylation sites (tertiary alicyclic amines) is 1. The number of carbonyl (C=O) groups is 6. The molecule has 2 unspecified atom stereocenters. The second kappa shape index (κ2) is 26.1. The number of nitrogens with one attached hydrogen (secondary N) is 3. The van der Waals surface area contributed by atoms with E-state index >= 15 is 0 Å². The first-order valence-electron chi connectivity index (χ1n) is 25.5. The van der Waals surface area contributed by atoms with E-state index in [0.29, 0.717) is 35.9 Å². The molecule has 2 atom stereocenters. The number of anilines is 2. The Balaban J connectivity index is 0.000000256. The first-order valence-corrected chi connectivity index (χ1v) is 26.4.